The van der Waals surface area contributed by atoms with Crippen LogP contribution in [0.15, 0.2) is 60.8 Å². The lowest BCUT2D eigenvalue weighted by Crippen LogP contribution is -2.33. The van der Waals surface area contributed by atoms with E-state index in [1.165, 1.54) is 13.2 Å². The van der Waals surface area contributed by atoms with Crippen molar-refractivity contribution in [2.75, 3.05) is 45.7 Å². The highest BCUT2D eigenvalue weighted by molar-refractivity contribution is 6.01. The standard InChI is InChI=1S/C27H31FN4O3/c1-29-13-12-24(19-7-5-4-6-8-19)35-21-10-9-20(23(28)17-21)18-32-16-15-31(2)25-22(27(32)33)11-14-30-26(25)34-3/h4-11,14,17,24,29H,12-13,15-16,18H2,1-3H3/t24-/m0/s1. The fourth-order valence-corrected chi connectivity index (χ4v) is 4.27. The van der Waals surface area contributed by atoms with Crippen molar-refractivity contribution < 1.29 is 18.7 Å². The highest BCUT2D eigenvalue weighted by Gasteiger charge is 2.28. The maximum Gasteiger partial charge on any atom is 0.256 e. The van der Waals surface area contributed by atoms with Gasteiger partial charge in [0.15, 0.2) is 0 Å². The molecule has 0 aliphatic carbocycles. The van der Waals surface area contributed by atoms with Gasteiger partial charge in [-0.2, -0.15) is 0 Å². The number of benzene rings is 2. The summed E-state index contributed by atoms with van der Waals surface area (Å²) in [5, 5.41) is 3.14. The second-order valence-electron chi connectivity index (χ2n) is 8.53. The van der Waals surface area contributed by atoms with Crippen LogP contribution in [0.2, 0.25) is 0 Å². The first kappa shape index (κ1) is 24.5. The molecule has 1 atom stereocenters. The van der Waals surface area contributed by atoms with Crippen molar-refractivity contribution in [2.24, 2.45) is 0 Å². The average Bonchev–Trinajstić information content (AvgIpc) is 3.00. The van der Waals surface area contributed by atoms with Crippen LogP contribution in [-0.4, -0.2) is 56.6 Å². The number of ether oxygens (including phenoxy) is 2. The summed E-state index contributed by atoms with van der Waals surface area (Å²) in [7, 11) is 5.32. The Morgan fingerprint density at radius 2 is 1.94 bits per heavy atom. The zero-order chi connectivity index (χ0) is 24.8. The Balaban J connectivity index is 1.52. The van der Waals surface area contributed by atoms with E-state index in [0.29, 0.717) is 41.5 Å². The number of nitrogens with zero attached hydrogens (tertiary/aromatic N) is 3. The molecule has 0 bridgehead atoms. The summed E-state index contributed by atoms with van der Waals surface area (Å²) < 4.78 is 26.7. The lowest BCUT2D eigenvalue weighted by molar-refractivity contribution is 0.0753. The topological polar surface area (TPSA) is 66.9 Å². The molecule has 2 heterocycles. The number of methoxy groups -OCH3 is 1. The van der Waals surface area contributed by atoms with Crippen molar-refractivity contribution in [1.29, 1.82) is 0 Å². The molecule has 35 heavy (non-hydrogen) atoms. The van der Waals surface area contributed by atoms with Gasteiger partial charge in [-0.15, -0.1) is 0 Å². The molecule has 7 nitrogen and oxygen atoms in total. The van der Waals surface area contributed by atoms with Crippen molar-refractivity contribution in [3.63, 3.8) is 0 Å². The first-order chi connectivity index (χ1) is 17.0. The van der Waals surface area contributed by atoms with Crippen LogP contribution in [0, 0.1) is 5.82 Å². The molecule has 0 spiro atoms. The molecule has 2 aromatic carbocycles. The number of anilines is 1. The number of rotatable bonds is 9. The van der Waals surface area contributed by atoms with Gasteiger partial charge in [-0.25, -0.2) is 9.37 Å². The molecule has 8 heteroatoms. The number of likely N-dealkylation sites (N-methyl/N-ethyl adjacent to an activating group) is 1. The van der Waals surface area contributed by atoms with Crippen molar-refractivity contribution >= 4 is 11.6 Å². The zero-order valence-electron chi connectivity index (χ0n) is 20.3. The third kappa shape index (κ3) is 5.54. The highest BCUT2D eigenvalue weighted by atomic mass is 19.1. The Hall–Kier alpha value is -3.65. The summed E-state index contributed by atoms with van der Waals surface area (Å²) in [4.78, 5) is 21.1. The van der Waals surface area contributed by atoms with E-state index in [-0.39, 0.29) is 18.6 Å². The van der Waals surface area contributed by atoms with Crippen molar-refractivity contribution in [2.45, 2.75) is 19.1 Å². The number of pyridine rings is 1. The van der Waals surface area contributed by atoms with Crippen LogP contribution in [0.1, 0.15) is 34.0 Å². The summed E-state index contributed by atoms with van der Waals surface area (Å²) in [5.74, 6) is 0.278. The Morgan fingerprint density at radius 1 is 1.14 bits per heavy atom. The first-order valence-corrected chi connectivity index (χ1v) is 11.7. The number of aromatic nitrogens is 1. The Labute approximate surface area is 205 Å². The molecule has 4 rings (SSSR count). The van der Waals surface area contributed by atoms with E-state index in [0.717, 1.165) is 18.5 Å². The van der Waals surface area contributed by atoms with Gasteiger partial charge < -0.3 is 24.6 Å². The number of hydrogen-bond donors (Lipinski definition) is 1. The minimum Gasteiger partial charge on any atom is -0.486 e. The molecule has 0 saturated heterocycles. The smallest absolute Gasteiger partial charge is 0.256 e. The second kappa shape index (κ2) is 11.2. The van der Waals surface area contributed by atoms with Crippen LogP contribution in [-0.2, 0) is 6.54 Å². The first-order valence-electron chi connectivity index (χ1n) is 11.7. The molecule has 0 unspecified atom stereocenters. The molecule has 184 valence electrons. The highest BCUT2D eigenvalue weighted by Crippen LogP contribution is 2.33. The van der Waals surface area contributed by atoms with E-state index in [9.17, 15) is 4.79 Å². The van der Waals surface area contributed by atoms with Crippen LogP contribution < -0.4 is 19.7 Å². The van der Waals surface area contributed by atoms with E-state index in [1.54, 1.807) is 29.3 Å². The molecule has 1 N–H and O–H groups in total. The van der Waals surface area contributed by atoms with Crippen LogP contribution in [0.5, 0.6) is 11.6 Å². The molecule has 0 fully saturated rings. The van der Waals surface area contributed by atoms with E-state index in [2.05, 4.69) is 10.3 Å². The number of halogens is 1. The number of carbonyl (C=O) groups excluding carboxylic acids is 1. The Bertz CT molecular complexity index is 1160. The predicted octanol–water partition coefficient (Wildman–Crippen LogP) is 4.05. The number of amides is 1. The lowest BCUT2D eigenvalue weighted by Gasteiger charge is -2.23. The minimum absolute atomic E-state index is 0.157. The molecule has 1 amide bonds. The molecule has 1 aliphatic heterocycles. The van der Waals surface area contributed by atoms with Gasteiger partial charge in [0.1, 0.15) is 23.4 Å². The Morgan fingerprint density at radius 3 is 2.66 bits per heavy atom. The number of nitrogens with one attached hydrogen (secondary N) is 1. The second-order valence-corrected chi connectivity index (χ2v) is 8.53. The van der Waals surface area contributed by atoms with Gasteiger partial charge in [0.25, 0.3) is 5.91 Å². The zero-order valence-corrected chi connectivity index (χ0v) is 20.3. The normalized spacial score (nSPS) is 14.3. The van der Waals surface area contributed by atoms with Crippen LogP contribution >= 0.6 is 0 Å². The maximum absolute atomic E-state index is 15.2. The van der Waals surface area contributed by atoms with Crippen LogP contribution in [0.4, 0.5) is 10.1 Å². The van der Waals surface area contributed by atoms with Crippen molar-refractivity contribution in [3.8, 4) is 11.6 Å². The summed E-state index contributed by atoms with van der Waals surface area (Å²) in [5.41, 5.74) is 2.62. The lowest BCUT2D eigenvalue weighted by atomic mass is 10.1. The summed E-state index contributed by atoms with van der Waals surface area (Å²) in [6.45, 7) is 1.96. The summed E-state index contributed by atoms with van der Waals surface area (Å²) in [6.07, 6.45) is 2.10. The molecule has 1 aromatic heterocycles. The predicted molar refractivity (Wildman–Crippen MR) is 134 cm³/mol. The molecule has 0 radical (unpaired) electrons. The van der Waals surface area contributed by atoms with E-state index in [4.69, 9.17) is 9.47 Å². The minimum atomic E-state index is -0.402. The Kier molecular flexibility index (Phi) is 7.82. The number of fused-ring (bicyclic) bond motifs is 1. The van der Waals surface area contributed by atoms with E-state index < -0.39 is 5.82 Å². The van der Waals surface area contributed by atoms with Gasteiger partial charge in [0, 0.05) is 50.9 Å². The molecule has 3 aromatic rings. The average molecular weight is 479 g/mol. The molecule has 1 aliphatic rings. The SMILES string of the molecule is CNCC[C@H](Oc1ccc(CN2CCN(C)c3c(ccnc3OC)C2=O)c(F)c1)c1ccccc1. The molecular formula is C27H31FN4O3. The van der Waals surface area contributed by atoms with Crippen LogP contribution in [0.3, 0.4) is 0 Å². The van der Waals surface area contributed by atoms with Gasteiger partial charge >= 0.3 is 0 Å². The third-order valence-corrected chi connectivity index (χ3v) is 6.18. The molecule has 0 saturated carbocycles. The van der Waals surface area contributed by atoms with E-state index in [1.807, 2.05) is 49.3 Å². The van der Waals surface area contributed by atoms with Gasteiger partial charge in [-0.1, -0.05) is 36.4 Å². The van der Waals surface area contributed by atoms with Gasteiger partial charge in [-0.3, -0.25) is 4.79 Å². The number of carbonyl (C=O) groups is 1. The fourth-order valence-electron chi connectivity index (χ4n) is 4.27. The van der Waals surface area contributed by atoms with E-state index >= 15 is 4.39 Å². The third-order valence-electron chi connectivity index (χ3n) is 6.18. The number of hydrogen-bond acceptors (Lipinski definition) is 6. The van der Waals surface area contributed by atoms with Gasteiger partial charge in [0.2, 0.25) is 5.88 Å². The quantitative estimate of drug-likeness (QED) is 0.501. The van der Waals surface area contributed by atoms with Crippen molar-refractivity contribution in [1.82, 2.24) is 15.2 Å². The fraction of sp³-hybridized carbons (Fsp3) is 0.333. The molecular weight excluding hydrogens is 447 g/mol. The largest absolute Gasteiger partial charge is 0.486 e. The van der Waals surface area contributed by atoms with Gasteiger partial charge in [0.05, 0.1) is 12.7 Å². The monoisotopic (exact) mass is 478 g/mol. The maximum atomic E-state index is 15.2. The van der Waals surface area contributed by atoms with Gasteiger partial charge in [-0.05, 0) is 31.3 Å². The van der Waals surface area contributed by atoms with Crippen LogP contribution in [0.25, 0.3) is 0 Å². The summed E-state index contributed by atoms with van der Waals surface area (Å²) in [6, 6.07) is 16.5. The van der Waals surface area contributed by atoms with Crippen molar-refractivity contribution in [3.05, 3.63) is 83.3 Å². The summed E-state index contributed by atoms with van der Waals surface area (Å²) >= 11 is 0.